The molecule has 1 aromatic carbocycles. The number of carbonyl (C=O) groups excluding carboxylic acids is 1. The van der Waals surface area contributed by atoms with Crippen molar-refractivity contribution in [3.63, 3.8) is 0 Å². The molecule has 1 atom stereocenters. The van der Waals surface area contributed by atoms with Crippen LogP contribution in [0, 0.1) is 0 Å². The normalized spacial score (nSPS) is 11.6. The summed E-state index contributed by atoms with van der Waals surface area (Å²) in [7, 11) is 0. The van der Waals surface area contributed by atoms with Gasteiger partial charge in [0.05, 0.1) is 0 Å². The van der Waals surface area contributed by atoms with Crippen molar-refractivity contribution in [2.45, 2.75) is 13.0 Å². The molecule has 6 heteroatoms. The molecule has 1 rings (SSSR count). The van der Waals surface area contributed by atoms with Gasteiger partial charge in [-0.15, -0.1) is 0 Å². The van der Waals surface area contributed by atoms with E-state index in [1.165, 1.54) is 19.1 Å². The lowest BCUT2D eigenvalue weighted by Gasteiger charge is -2.14. The monoisotopic (exact) mass is 258 g/mol. The fraction of sp³-hybridized carbons (Fsp3) is 0.273. The lowest BCUT2D eigenvalue weighted by molar-refractivity contribution is -0.153. The number of carbonyl (C=O) groups is 2. The number of benzene rings is 1. The molecule has 0 spiro atoms. The standard InChI is InChI=1S/C11H11ClO5/c1-7(13)16-6-10(11(14)15)17-9-4-2-8(12)3-5-9/h2-5,10H,6H2,1H3,(H,14,15). The smallest absolute Gasteiger partial charge is 0.348 e. The van der Waals surface area contributed by atoms with Crippen LogP contribution in [-0.2, 0) is 14.3 Å². The zero-order valence-electron chi connectivity index (χ0n) is 9.05. The summed E-state index contributed by atoms with van der Waals surface area (Å²) in [5, 5.41) is 9.38. The summed E-state index contributed by atoms with van der Waals surface area (Å²) >= 11 is 5.67. The van der Waals surface area contributed by atoms with Crippen LogP contribution in [0.4, 0.5) is 0 Å². The number of esters is 1. The van der Waals surface area contributed by atoms with Gasteiger partial charge >= 0.3 is 11.9 Å². The molecule has 0 heterocycles. The minimum atomic E-state index is -1.24. The van der Waals surface area contributed by atoms with Gasteiger partial charge in [0.15, 0.2) is 0 Å². The second kappa shape index (κ2) is 6.10. The number of hydrogen-bond donors (Lipinski definition) is 1. The van der Waals surface area contributed by atoms with Crippen molar-refractivity contribution >= 4 is 23.5 Å². The van der Waals surface area contributed by atoms with Gasteiger partial charge in [-0.2, -0.15) is 0 Å². The van der Waals surface area contributed by atoms with Crippen LogP contribution in [-0.4, -0.2) is 29.8 Å². The maximum atomic E-state index is 10.8. The highest BCUT2D eigenvalue weighted by atomic mass is 35.5. The Morgan fingerprint density at radius 1 is 1.35 bits per heavy atom. The van der Waals surface area contributed by atoms with Gasteiger partial charge in [0.2, 0.25) is 6.10 Å². The number of rotatable bonds is 5. The molecule has 1 N–H and O–H groups in total. The Morgan fingerprint density at radius 2 is 1.94 bits per heavy atom. The Labute approximate surface area is 103 Å². The van der Waals surface area contributed by atoms with E-state index in [1.54, 1.807) is 12.1 Å². The van der Waals surface area contributed by atoms with Crippen LogP contribution in [0.2, 0.25) is 5.02 Å². The number of carboxylic acid groups (broad SMARTS) is 1. The lowest BCUT2D eigenvalue weighted by atomic mass is 10.3. The summed E-state index contributed by atoms with van der Waals surface area (Å²) in [5.74, 6) is -1.42. The highest BCUT2D eigenvalue weighted by Gasteiger charge is 2.20. The van der Waals surface area contributed by atoms with E-state index in [0.717, 1.165) is 0 Å². The van der Waals surface area contributed by atoms with Crippen molar-refractivity contribution in [2.75, 3.05) is 6.61 Å². The van der Waals surface area contributed by atoms with Crippen LogP contribution in [0.25, 0.3) is 0 Å². The molecular formula is C11H11ClO5. The SMILES string of the molecule is CC(=O)OCC(Oc1ccc(Cl)cc1)C(=O)O. The second-order valence-electron chi connectivity index (χ2n) is 3.20. The number of aliphatic carboxylic acids is 1. The van der Waals surface area contributed by atoms with Gasteiger partial charge in [-0.05, 0) is 24.3 Å². The molecule has 1 unspecified atom stereocenters. The molecule has 92 valence electrons. The van der Waals surface area contributed by atoms with E-state index in [9.17, 15) is 9.59 Å². The fourth-order valence-corrected chi connectivity index (χ4v) is 1.15. The van der Waals surface area contributed by atoms with Crippen LogP contribution >= 0.6 is 11.6 Å². The average molecular weight is 259 g/mol. The average Bonchev–Trinajstić information content (AvgIpc) is 2.26. The van der Waals surface area contributed by atoms with Gasteiger partial charge in [-0.25, -0.2) is 4.79 Å². The first-order chi connectivity index (χ1) is 7.99. The van der Waals surface area contributed by atoms with Gasteiger partial charge in [-0.1, -0.05) is 11.6 Å². The lowest BCUT2D eigenvalue weighted by Crippen LogP contribution is -2.32. The summed E-state index contributed by atoms with van der Waals surface area (Å²) in [5.41, 5.74) is 0. The van der Waals surface area contributed by atoms with Gasteiger partial charge in [0.25, 0.3) is 0 Å². The minimum Gasteiger partial charge on any atom is -0.478 e. The first-order valence-corrected chi connectivity index (χ1v) is 5.15. The Balaban J connectivity index is 2.63. The predicted molar refractivity (Wildman–Crippen MR) is 60.1 cm³/mol. The maximum absolute atomic E-state index is 10.8. The highest BCUT2D eigenvalue weighted by Crippen LogP contribution is 2.17. The summed E-state index contributed by atoms with van der Waals surface area (Å²) in [6, 6.07) is 6.21. The van der Waals surface area contributed by atoms with Gasteiger partial charge in [-0.3, -0.25) is 4.79 Å². The van der Waals surface area contributed by atoms with E-state index in [1.807, 2.05) is 0 Å². The third-order valence-corrected chi connectivity index (χ3v) is 2.06. The summed E-state index contributed by atoms with van der Waals surface area (Å²) in [6.45, 7) is 0.856. The summed E-state index contributed by atoms with van der Waals surface area (Å²) < 4.78 is 9.74. The molecule has 0 aliphatic carbocycles. The Kier molecular flexibility index (Phi) is 4.78. The van der Waals surface area contributed by atoms with E-state index in [2.05, 4.69) is 4.74 Å². The molecule has 0 aliphatic heterocycles. The van der Waals surface area contributed by atoms with Crippen molar-refractivity contribution in [1.82, 2.24) is 0 Å². The van der Waals surface area contributed by atoms with E-state index >= 15 is 0 Å². The molecule has 0 radical (unpaired) electrons. The highest BCUT2D eigenvalue weighted by molar-refractivity contribution is 6.30. The van der Waals surface area contributed by atoms with Crippen LogP contribution in [0.15, 0.2) is 24.3 Å². The molecule has 0 saturated heterocycles. The molecule has 17 heavy (non-hydrogen) atoms. The largest absolute Gasteiger partial charge is 0.478 e. The number of carboxylic acids is 1. The van der Waals surface area contributed by atoms with Gasteiger partial charge in [0.1, 0.15) is 12.4 Å². The quantitative estimate of drug-likeness (QED) is 0.815. The van der Waals surface area contributed by atoms with Crippen molar-refractivity contribution in [1.29, 1.82) is 0 Å². The van der Waals surface area contributed by atoms with Crippen LogP contribution in [0.5, 0.6) is 5.75 Å². The zero-order valence-corrected chi connectivity index (χ0v) is 9.81. The first kappa shape index (κ1) is 13.3. The molecule has 0 amide bonds. The summed E-state index contributed by atoms with van der Waals surface area (Å²) in [6.07, 6.45) is -1.24. The molecule has 0 bridgehead atoms. The van der Waals surface area contributed by atoms with Crippen molar-refractivity contribution in [3.8, 4) is 5.75 Å². The fourth-order valence-electron chi connectivity index (χ4n) is 1.03. The van der Waals surface area contributed by atoms with E-state index < -0.39 is 18.0 Å². The molecule has 0 fully saturated rings. The molecule has 0 saturated carbocycles. The van der Waals surface area contributed by atoms with Crippen LogP contribution < -0.4 is 4.74 Å². The Hall–Kier alpha value is -1.75. The second-order valence-corrected chi connectivity index (χ2v) is 3.64. The van der Waals surface area contributed by atoms with E-state index in [-0.39, 0.29) is 6.61 Å². The maximum Gasteiger partial charge on any atom is 0.348 e. The minimum absolute atomic E-state index is 0.340. The van der Waals surface area contributed by atoms with Crippen molar-refractivity contribution in [3.05, 3.63) is 29.3 Å². The third kappa shape index (κ3) is 4.74. The number of ether oxygens (including phenoxy) is 2. The molecule has 0 aromatic heterocycles. The van der Waals surface area contributed by atoms with E-state index in [4.69, 9.17) is 21.4 Å². The topological polar surface area (TPSA) is 72.8 Å². The predicted octanol–water partition coefficient (Wildman–Crippen LogP) is 1.74. The molecule has 1 aromatic rings. The third-order valence-electron chi connectivity index (χ3n) is 1.81. The molecule has 5 nitrogen and oxygen atoms in total. The van der Waals surface area contributed by atoms with Crippen molar-refractivity contribution in [2.24, 2.45) is 0 Å². The van der Waals surface area contributed by atoms with E-state index in [0.29, 0.717) is 10.8 Å². The first-order valence-electron chi connectivity index (χ1n) is 4.77. The Bertz CT molecular complexity index is 401. The van der Waals surface area contributed by atoms with Crippen molar-refractivity contribution < 1.29 is 24.2 Å². The summed E-state index contributed by atoms with van der Waals surface area (Å²) in [4.78, 5) is 21.4. The number of halogens is 1. The Morgan fingerprint density at radius 3 is 2.41 bits per heavy atom. The number of hydrogen-bond acceptors (Lipinski definition) is 4. The van der Waals surface area contributed by atoms with Crippen LogP contribution in [0.3, 0.4) is 0 Å². The molecule has 0 aliphatic rings. The molecular weight excluding hydrogens is 248 g/mol. The zero-order chi connectivity index (χ0) is 12.8. The van der Waals surface area contributed by atoms with Crippen LogP contribution in [0.1, 0.15) is 6.92 Å². The van der Waals surface area contributed by atoms with Gasteiger partial charge < -0.3 is 14.6 Å². The van der Waals surface area contributed by atoms with Gasteiger partial charge in [0, 0.05) is 11.9 Å².